The highest BCUT2D eigenvalue weighted by Gasteiger charge is 2.48. The fraction of sp³-hybridized carbons (Fsp3) is 0.640. The molecule has 0 saturated carbocycles. The number of methoxy groups -OCH3 is 1. The summed E-state index contributed by atoms with van der Waals surface area (Å²) in [6.07, 6.45) is 4.02. The average molecular weight is 470 g/mol. The molecule has 9 nitrogen and oxygen atoms in total. The molecule has 4 aliphatic rings. The van der Waals surface area contributed by atoms with Crippen molar-refractivity contribution in [3.63, 3.8) is 0 Å². The minimum Gasteiger partial charge on any atom is -0.495 e. The molecule has 1 amide bonds. The number of piperidine rings is 3. The van der Waals surface area contributed by atoms with Crippen molar-refractivity contribution in [1.82, 2.24) is 19.9 Å². The van der Waals surface area contributed by atoms with Crippen LogP contribution >= 0.6 is 0 Å². The van der Waals surface area contributed by atoms with Crippen molar-refractivity contribution in [2.24, 2.45) is 11.8 Å². The van der Waals surface area contributed by atoms with E-state index < -0.39 is 5.60 Å². The molecule has 1 aromatic carbocycles. The van der Waals surface area contributed by atoms with Crippen LogP contribution in [0.15, 0.2) is 30.5 Å². The van der Waals surface area contributed by atoms with Crippen LogP contribution in [0.4, 0.5) is 5.69 Å². The van der Waals surface area contributed by atoms with E-state index in [2.05, 4.69) is 26.2 Å². The lowest BCUT2D eigenvalue weighted by Crippen LogP contribution is -3.20. The number of nitrogens with zero attached hydrogens (tertiary/aromatic N) is 5. The molecule has 1 aromatic heterocycles. The van der Waals surface area contributed by atoms with Gasteiger partial charge in [-0.05, 0) is 31.9 Å². The molecule has 4 saturated heterocycles. The zero-order valence-corrected chi connectivity index (χ0v) is 20.5. The highest BCUT2D eigenvalue weighted by molar-refractivity contribution is 5.80. The number of para-hydroxylation sites is 2. The van der Waals surface area contributed by atoms with Gasteiger partial charge in [-0.15, -0.1) is 5.10 Å². The normalized spacial score (nSPS) is 27.2. The van der Waals surface area contributed by atoms with Crippen LogP contribution in [0.2, 0.25) is 0 Å². The molecule has 0 aliphatic carbocycles. The number of carbonyl (C=O) groups is 1. The SMILES string of the molecule is COc1ccccc1N1CCN(C(=O)[C@H]2C[NH+]3CC[C@@H]2C[C@@H]3Cn2cc(C(C)(C)O)nn2)CC1. The summed E-state index contributed by atoms with van der Waals surface area (Å²) in [5.74, 6) is 1.79. The van der Waals surface area contributed by atoms with E-state index in [1.807, 2.05) is 29.1 Å². The molecule has 4 atom stereocenters. The van der Waals surface area contributed by atoms with Gasteiger partial charge in [-0.3, -0.25) is 4.79 Å². The number of aliphatic hydroxyl groups is 1. The van der Waals surface area contributed by atoms with Gasteiger partial charge in [0.1, 0.15) is 23.1 Å². The Morgan fingerprint density at radius 1 is 1.24 bits per heavy atom. The van der Waals surface area contributed by atoms with E-state index >= 15 is 0 Å². The highest BCUT2D eigenvalue weighted by Crippen LogP contribution is 2.31. The number of aromatic nitrogens is 3. The van der Waals surface area contributed by atoms with Crippen LogP contribution < -0.4 is 14.5 Å². The molecule has 2 aromatic rings. The smallest absolute Gasteiger partial charge is 0.231 e. The van der Waals surface area contributed by atoms with Crippen molar-refractivity contribution in [2.75, 3.05) is 51.3 Å². The van der Waals surface area contributed by atoms with Gasteiger partial charge in [0.2, 0.25) is 5.91 Å². The molecule has 2 N–H and O–H groups in total. The van der Waals surface area contributed by atoms with E-state index in [0.717, 1.165) is 70.1 Å². The van der Waals surface area contributed by atoms with Crippen molar-refractivity contribution in [2.45, 2.75) is 44.9 Å². The quantitative estimate of drug-likeness (QED) is 0.627. The van der Waals surface area contributed by atoms with Crippen molar-refractivity contribution in [1.29, 1.82) is 0 Å². The van der Waals surface area contributed by atoms with Crippen molar-refractivity contribution >= 4 is 11.6 Å². The zero-order chi connectivity index (χ0) is 23.9. The van der Waals surface area contributed by atoms with Gasteiger partial charge in [-0.1, -0.05) is 17.3 Å². The van der Waals surface area contributed by atoms with E-state index in [0.29, 0.717) is 23.6 Å². The topological polar surface area (TPSA) is 88.2 Å². The lowest BCUT2D eigenvalue weighted by atomic mass is 9.75. The number of amides is 1. The molecular formula is C25H37N6O3+. The Kier molecular flexibility index (Phi) is 6.24. The Balaban J connectivity index is 1.17. The Morgan fingerprint density at radius 3 is 2.65 bits per heavy atom. The monoisotopic (exact) mass is 469 g/mol. The van der Waals surface area contributed by atoms with Crippen LogP contribution in [0.3, 0.4) is 0 Å². The number of quaternary nitrogens is 1. The molecule has 9 heteroatoms. The number of fused-ring (bicyclic) bond motifs is 3. The van der Waals surface area contributed by atoms with E-state index in [1.54, 1.807) is 21.0 Å². The van der Waals surface area contributed by atoms with Crippen LogP contribution in [-0.4, -0.2) is 83.3 Å². The Morgan fingerprint density at radius 2 is 2.00 bits per heavy atom. The third-order valence-electron chi connectivity index (χ3n) is 7.96. The highest BCUT2D eigenvalue weighted by atomic mass is 16.5. The number of ether oxygens (including phenoxy) is 1. The lowest BCUT2D eigenvalue weighted by Gasteiger charge is -2.47. The summed E-state index contributed by atoms with van der Waals surface area (Å²) in [6, 6.07) is 8.55. The molecule has 4 aliphatic heterocycles. The Labute approximate surface area is 201 Å². The van der Waals surface area contributed by atoms with Gasteiger partial charge in [0.15, 0.2) is 0 Å². The fourth-order valence-corrected chi connectivity index (χ4v) is 5.99. The summed E-state index contributed by atoms with van der Waals surface area (Å²) in [5.41, 5.74) is 0.719. The van der Waals surface area contributed by atoms with Gasteiger partial charge in [0.05, 0.1) is 44.5 Å². The first-order chi connectivity index (χ1) is 16.3. The van der Waals surface area contributed by atoms with Gasteiger partial charge in [0.25, 0.3) is 0 Å². The molecule has 0 radical (unpaired) electrons. The van der Waals surface area contributed by atoms with Crippen LogP contribution in [0.25, 0.3) is 0 Å². The van der Waals surface area contributed by atoms with E-state index in [4.69, 9.17) is 4.74 Å². The molecule has 1 unspecified atom stereocenters. The van der Waals surface area contributed by atoms with E-state index in [1.165, 1.54) is 4.90 Å². The number of hydrogen-bond donors (Lipinski definition) is 2. The van der Waals surface area contributed by atoms with Crippen molar-refractivity contribution in [3.05, 3.63) is 36.2 Å². The number of hydrogen-bond acceptors (Lipinski definition) is 6. The second-order valence-electron chi connectivity index (χ2n) is 10.6. The van der Waals surface area contributed by atoms with Gasteiger partial charge in [-0.25, -0.2) is 4.68 Å². The maximum absolute atomic E-state index is 13.5. The van der Waals surface area contributed by atoms with Crippen LogP contribution in [0, 0.1) is 11.8 Å². The van der Waals surface area contributed by atoms with Crippen molar-refractivity contribution < 1.29 is 19.5 Å². The first kappa shape index (κ1) is 23.1. The second-order valence-corrected chi connectivity index (χ2v) is 10.6. The summed E-state index contributed by atoms with van der Waals surface area (Å²) >= 11 is 0. The molecule has 6 rings (SSSR count). The number of rotatable bonds is 6. The Hall–Kier alpha value is -2.65. The molecule has 34 heavy (non-hydrogen) atoms. The summed E-state index contributed by atoms with van der Waals surface area (Å²) in [5, 5.41) is 18.5. The van der Waals surface area contributed by atoms with Crippen LogP contribution in [0.1, 0.15) is 32.4 Å². The minimum atomic E-state index is -0.982. The molecule has 184 valence electrons. The van der Waals surface area contributed by atoms with E-state index in [-0.39, 0.29) is 5.92 Å². The standard InChI is InChI=1S/C25H36N6O3/c1-25(2,33)23-17-31(27-26-23)15-19-14-18-8-9-30(19)16-20(18)24(32)29-12-10-28(11-13-29)21-6-4-5-7-22(21)34-3/h4-7,17-20,33H,8-16H2,1-3H3/p+1/t18-,19-,20+/m1/s1. The first-order valence-corrected chi connectivity index (χ1v) is 12.5. The van der Waals surface area contributed by atoms with Crippen LogP contribution in [-0.2, 0) is 16.9 Å². The third-order valence-corrected chi connectivity index (χ3v) is 7.96. The first-order valence-electron chi connectivity index (χ1n) is 12.5. The molecule has 5 heterocycles. The molecular weight excluding hydrogens is 432 g/mol. The lowest BCUT2D eigenvalue weighted by molar-refractivity contribution is -0.945. The number of piperazine rings is 1. The maximum Gasteiger partial charge on any atom is 0.231 e. The maximum atomic E-state index is 13.5. The Bertz CT molecular complexity index is 1010. The van der Waals surface area contributed by atoms with Gasteiger partial charge in [-0.2, -0.15) is 0 Å². The van der Waals surface area contributed by atoms with Gasteiger partial charge < -0.3 is 24.5 Å². The number of anilines is 1. The van der Waals surface area contributed by atoms with Crippen molar-refractivity contribution in [3.8, 4) is 5.75 Å². The summed E-state index contributed by atoms with van der Waals surface area (Å²) in [7, 11) is 1.71. The minimum absolute atomic E-state index is 0.125. The fourth-order valence-electron chi connectivity index (χ4n) is 5.99. The zero-order valence-electron chi connectivity index (χ0n) is 20.5. The molecule has 0 spiro atoms. The molecule has 4 fully saturated rings. The average Bonchev–Trinajstić information content (AvgIpc) is 3.33. The third kappa shape index (κ3) is 4.51. The van der Waals surface area contributed by atoms with Gasteiger partial charge in [0, 0.05) is 39.0 Å². The largest absolute Gasteiger partial charge is 0.495 e. The van der Waals surface area contributed by atoms with E-state index in [9.17, 15) is 9.90 Å². The summed E-state index contributed by atoms with van der Waals surface area (Å²) in [4.78, 5) is 19.4. The van der Waals surface area contributed by atoms with Crippen LogP contribution in [0.5, 0.6) is 5.75 Å². The number of benzene rings is 1. The summed E-state index contributed by atoms with van der Waals surface area (Å²) in [6.45, 7) is 9.46. The second kappa shape index (κ2) is 9.19. The van der Waals surface area contributed by atoms with Gasteiger partial charge >= 0.3 is 0 Å². The number of nitrogens with one attached hydrogen (secondary N) is 1. The predicted molar refractivity (Wildman–Crippen MR) is 128 cm³/mol. The molecule has 2 bridgehead atoms. The number of carbonyl (C=O) groups excluding carboxylic acids is 1. The predicted octanol–water partition coefficient (Wildman–Crippen LogP) is 0.156. The summed E-state index contributed by atoms with van der Waals surface area (Å²) < 4.78 is 7.39.